The maximum atomic E-state index is 14.6. The highest BCUT2D eigenvalue weighted by molar-refractivity contribution is 5.95. The lowest BCUT2D eigenvalue weighted by atomic mass is 9.95. The van der Waals surface area contributed by atoms with Crippen molar-refractivity contribution in [2.45, 2.75) is 45.1 Å². The van der Waals surface area contributed by atoms with Gasteiger partial charge in [-0.05, 0) is 56.0 Å². The van der Waals surface area contributed by atoms with E-state index in [0.29, 0.717) is 30.3 Å². The Morgan fingerprint density at radius 2 is 1.69 bits per heavy atom. The van der Waals surface area contributed by atoms with Crippen LogP contribution < -0.4 is 5.32 Å². The normalized spacial score (nSPS) is 16.4. The summed E-state index contributed by atoms with van der Waals surface area (Å²) in [4.78, 5) is 27.0. The van der Waals surface area contributed by atoms with Gasteiger partial charge in [0.1, 0.15) is 23.3 Å². The molecule has 0 spiro atoms. The lowest BCUT2D eigenvalue weighted by Gasteiger charge is -2.31. The van der Waals surface area contributed by atoms with Crippen molar-refractivity contribution in [2.75, 3.05) is 18.4 Å². The van der Waals surface area contributed by atoms with E-state index in [2.05, 4.69) is 20.1 Å². The van der Waals surface area contributed by atoms with Crippen LogP contribution >= 0.6 is 0 Å². The first kappa shape index (κ1) is 24.0. The first-order valence-corrected chi connectivity index (χ1v) is 12.2. The summed E-state index contributed by atoms with van der Waals surface area (Å²) in [5, 5.41) is 11.3. The average Bonchev–Trinajstić information content (AvgIpc) is 3.13. The monoisotopic (exact) mass is 497 g/mol. The SMILES string of the molecule is O=C(Nc1cc(-c2nnc3n2CCCCC3)ccc1F)C1CCN(C(=O)c2ccc(F)cc2F)CC1. The van der Waals surface area contributed by atoms with Crippen LogP contribution in [0.1, 0.15) is 48.3 Å². The van der Waals surface area contributed by atoms with Crippen LogP contribution in [-0.4, -0.2) is 44.6 Å². The van der Waals surface area contributed by atoms with E-state index in [1.54, 1.807) is 12.1 Å². The summed E-state index contributed by atoms with van der Waals surface area (Å²) in [5.41, 5.74) is 0.536. The number of hydrogen-bond donors (Lipinski definition) is 1. The van der Waals surface area contributed by atoms with Crippen molar-refractivity contribution >= 4 is 17.5 Å². The van der Waals surface area contributed by atoms with Crippen molar-refractivity contribution in [1.29, 1.82) is 0 Å². The van der Waals surface area contributed by atoms with Gasteiger partial charge in [0.15, 0.2) is 5.82 Å². The van der Waals surface area contributed by atoms with Gasteiger partial charge in [0.2, 0.25) is 5.91 Å². The topological polar surface area (TPSA) is 80.1 Å². The molecule has 0 aliphatic carbocycles. The number of carbonyl (C=O) groups excluding carboxylic acids is 2. The Kier molecular flexibility index (Phi) is 6.75. The molecule has 0 radical (unpaired) electrons. The molecule has 5 rings (SSSR count). The predicted octanol–water partition coefficient (Wildman–Crippen LogP) is 4.58. The molecule has 0 bridgehead atoms. The zero-order chi connectivity index (χ0) is 25.2. The molecule has 1 N–H and O–H groups in total. The first-order chi connectivity index (χ1) is 17.4. The van der Waals surface area contributed by atoms with E-state index < -0.39 is 29.3 Å². The molecule has 1 saturated heterocycles. The molecule has 7 nitrogen and oxygen atoms in total. The third kappa shape index (κ3) is 4.84. The number of halogens is 3. The smallest absolute Gasteiger partial charge is 0.256 e. The molecule has 1 fully saturated rings. The number of amides is 2. The number of carbonyl (C=O) groups is 2. The maximum Gasteiger partial charge on any atom is 0.256 e. The Morgan fingerprint density at radius 3 is 2.47 bits per heavy atom. The summed E-state index contributed by atoms with van der Waals surface area (Å²) in [6, 6.07) is 7.35. The Hall–Kier alpha value is -3.69. The fraction of sp³-hybridized carbons (Fsp3) is 0.385. The number of rotatable bonds is 4. The number of benzene rings is 2. The second-order valence-corrected chi connectivity index (χ2v) is 9.28. The molecule has 3 heterocycles. The molecule has 3 aromatic rings. The van der Waals surface area contributed by atoms with Crippen LogP contribution in [0.25, 0.3) is 11.4 Å². The summed E-state index contributed by atoms with van der Waals surface area (Å²) in [6.45, 7) is 1.28. The van der Waals surface area contributed by atoms with Gasteiger partial charge in [-0.25, -0.2) is 13.2 Å². The lowest BCUT2D eigenvalue weighted by Crippen LogP contribution is -2.41. The van der Waals surface area contributed by atoms with Crippen LogP contribution in [0.2, 0.25) is 0 Å². The number of piperidine rings is 1. The first-order valence-electron chi connectivity index (χ1n) is 12.2. The number of aryl methyl sites for hydroxylation is 1. The zero-order valence-electron chi connectivity index (χ0n) is 19.6. The van der Waals surface area contributed by atoms with Crippen LogP contribution in [0.3, 0.4) is 0 Å². The van der Waals surface area contributed by atoms with E-state index in [1.807, 2.05) is 0 Å². The van der Waals surface area contributed by atoms with E-state index in [9.17, 15) is 22.8 Å². The van der Waals surface area contributed by atoms with Crippen molar-refractivity contribution in [2.24, 2.45) is 5.92 Å². The molecule has 0 unspecified atom stereocenters. The Bertz CT molecular complexity index is 1300. The summed E-state index contributed by atoms with van der Waals surface area (Å²) in [7, 11) is 0. The van der Waals surface area contributed by atoms with E-state index in [-0.39, 0.29) is 30.2 Å². The number of nitrogens with zero attached hydrogens (tertiary/aromatic N) is 4. The van der Waals surface area contributed by atoms with Crippen molar-refractivity contribution < 1.29 is 22.8 Å². The highest BCUT2D eigenvalue weighted by atomic mass is 19.1. The third-order valence-corrected chi connectivity index (χ3v) is 6.91. The summed E-state index contributed by atoms with van der Waals surface area (Å²) < 4.78 is 43.8. The number of hydrogen-bond acceptors (Lipinski definition) is 4. The van der Waals surface area contributed by atoms with Crippen LogP contribution in [0.4, 0.5) is 18.9 Å². The standard InChI is InChI=1S/C26H26F3N5O2/c27-18-6-7-19(21(29)15-18)26(36)33-12-9-16(10-13-33)25(35)30-22-14-17(5-8-20(22)28)24-32-31-23-4-2-1-3-11-34(23)24/h5-8,14-16H,1-4,9-13H2,(H,30,35). The number of likely N-dealkylation sites (tertiary alicyclic amines) is 1. The molecule has 2 aromatic carbocycles. The second kappa shape index (κ2) is 10.1. The molecule has 0 atom stereocenters. The number of aromatic nitrogens is 3. The van der Waals surface area contributed by atoms with Crippen LogP contribution in [0.15, 0.2) is 36.4 Å². The summed E-state index contributed by atoms with van der Waals surface area (Å²) in [6.07, 6.45) is 4.76. The fourth-order valence-corrected chi connectivity index (χ4v) is 4.87. The van der Waals surface area contributed by atoms with Gasteiger partial charge in [0.05, 0.1) is 11.3 Å². The van der Waals surface area contributed by atoms with E-state index in [1.165, 1.54) is 11.0 Å². The minimum absolute atomic E-state index is 0.0651. The molecule has 1 aromatic heterocycles. The van der Waals surface area contributed by atoms with Crippen LogP contribution in [0.5, 0.6) is 0 Å². The highest BCUT2D eigenvalue weighted by Crippen LogP contribution is 2.28. The van der Waals surface area contributed by atoms with Gasteiger partial charge in [0.25, 0.3) is 5.91 Å². The van der Waals surface area contributed by atoms with Crippen molar-refractivity contribution in [3.05, 3.63) is 65.2 Å². The quantitative estimate of drug-likeness (QED) is 0.572. The molecule has 36 heavy (non-hydrogen) atoms. The van der Waals surface area contributed by atoms with Gasteiger partial charge in [-0.2, -0.15) is 0 Å². The number of fused-ring (bicyclic) bond motifs is 1. The van der Waals surface area contributed by atoms with E-state index in [4.69, 9.17) is 0 Å². The Balaban J connectivity index is 1.24. The summed E-state index contributed by atoms with van der Waals surface area (Å²) in [5.74, 6) is -1.97. The van der Waals surface area contributed by atoms with Gasteiger partial charge in [-0.1, -0.05) is 6.42 Å². The van der Waals surface area contributed by atoms with E-state index >= 15 is 0 Å². The molecular weight excluding hydrogens is 471 g/mol. The summed E-state index contributed by atoms with van der Waals surface area (Å²) >= 11 is 0. The van der Waals surface area contributed by atoms with Gasteiger partial charge >= 0.3 is 0 Å². The zero-order valence-corrected chi connectivity index (χ0v) is 19.6. The minimum Gasteiger partial charge on any atom is -0.339 e. The van der Waals surface area contributed by atoms with Gasteiger partial charge in [0, 0.05) is 43.6 Å². The molecule has 2 amide bonds. The predicted molar refractivity (Wildman–Crippen MR) is 127 cm³/mol. The fourth-order valence-electron chi connectivity index (χ4n) is 4.87. The van der Waals surface area contributed by atoms with Crippen LogP contribution in [0, 0.1) is 23.4 Å². The molecular formula is C26H26F3N5O2. The maximum absolute atomic E-state index is 14.6. The molecule has 2 aliphatic heterocycles. The van der Waals surface area contributed by atoms with Crippen molar-refractivity contribution in [3.63, 3.8) is 0 Å². The van der Waals surface area contributed by atoms with Gasteiger partial charge in [-0.3, -0.25) is 9.59 Å². The molecule has 10 heteroatoms. The van der Waals surface area contributed by atoms with Gasteiger partial charge in [-0.15, -0.1) is 10.2 Å². The third-order valence-electron chi connectivity index (χ3n) is 6.91. The Labute approximate surface area is 206 Å². The molecule has 188 valence electrons. The lowest BCUT2D eigenvalue weighted by molar-refractivity contribution is -0.121. The Morgan fingerprint density at radius 1 is 0.889 bits per heavy atom. The van der Waals surface area contributed by atoms with Crippen molar-refractivity contribution in [3.8, 4) is 11.4 Å². The van der Waals surface area contributed by atoms with Crippen molar-refractivity contribution in [1.82, 2.24) is 19.7 Å². The highest BCUT2D eigenvalue weighted by Gasteiger charge is 2.29. The molecule has 2 aliphatic rings. The number of anilines is 1. The van der Waals surface area contributed by atoms with Crippen LogP contribution in [-0.2, 0) is 17.8 Å². The molecule has 0 saturated carbocycles. The minimum atomic E-state index is -0.917. The van der Waals surface area contributed by atoms with Gasteiger partial charge < -0.3 is 14.8 Å². The average molecular weight is 498 g/mol. The largest absolute Gasteiger partial charge is 0.339 e. The van der Waals surface area contributed by atoms with E-state index in [0.717, 1.165) is 50.2 Å². The second-order valence-electron chi connectivity index (χ2n) is 9.28. The number of nitrogens with one attached hydrogen (secondary N) is 1.